The molecular weight excluding hydrogens is 439 g/mol. The Morgan fingerprint density at radius 3 is 1.51 bits per heavy atom. The van der Waals surface area contributed by atoms with E-state index in [-0.39, 0.29) is 0 Å². The highest BCUT2D eigenvalue weighted by Gasteiger charge is 2.34. The van der Waals surface area contributed by atoms with Crippen LogP contribution in [0.1, 0.15) is 0 Å². The number of nitrogens with zero attached hydrogens (tertiary/aromatic N) is 2. The zero-order valence-corrected chi connectivity index (χ0v) is 21.2. The Morgan fingerprint density at radius 2 is 1.14 bits per heavy atom. The maximum atomic E-state index is 4.19. The number of aromatic nitrogens is 2. The van der Waals surface area contributed by atoms with Crippen LogP contribution in [0.15, 0.2) is 152 Å². The molecule has 0 saturated heterocycles. The molecule has 0 radical (unpaired) electrons. The van der Waals surface area contributed by atoms with E-state index in [0.717, 1.165) is 6.17 Å². The number of hydrogen-bond acceptors (Lipinski definition) is 1. The van der Waals surface area contributed by atoms with Gasteiger partial charge >= 0.3 is 0 Å². The second kappa shape index (κ2) is 12.0. The minimum atomic E-state index is -2.04. The minimum absolute atomic E-state index is 0.484. The van der Waals surface area contributed by atoms with Crippen LogP contribution >= 0.6 is 0 Å². The summed E-state index contributed by atoms with van der Waals surface area (Å²) in [5.41, 5.74) is 4.93. The first-order chi connectivity index (χ1) is 17.2. The van der Waals surface area contributed by atoms with Gasteiger partial charge in [-0.25, -0.2) is 4.98 Å². The first-order valence-corrected chi connectivity index (χ1v) is 14.3. The predicted molar refractivity (Wildman–Crippen MR) is 154 cm³/mol. The van der Waals surface area contributed by atoms with Gasteiger partial charge in [0.1, 0.15) is 0 Å². The molecule has 0 N–H and O–H groups in total. The Balaban J connectivity index is 0.000000179. The molecule has 5 aromatic rings. The van der Waals surface area contributed by atoms with E-state index >= 15 is 0 Å². The normalized spacial score (nSPS) is 10.7. The van der Waals surface area contributed by atoms with Crippen molar-refractivity contribution in [1.82, 2.24) is 9.55 Å². The standard InChI is InChI=1S/C18H18N2Si.C13H13B/c1-2-21(16-20-14-13-19-15-20,17-9-5-3-6-10-17)18-11-7-4-8-12-18;1-14(12-8-4-2-5-9-12)13-10-6-3-7-11-13/h2-15H,1,16H2;2-11H,1H3. The molecule has 0 atom stereocenters. The van der Waals surface area contributed by atoms with E-state index in [4.69, 9.17) is 0 Å². The van der Waals surface area contributed by atoms with E-state index in [2.05, 4.69) is 150 Å². The van der Waals surface area contributed by atoms with Gasteiger partial charge < -0.3 is 4.57 Å². The van der Waals surface area contributed by atoms with Crippen LogP contribution in [0, 0.1) is 0 Å². The number of imidazole rings is 1. The first kappa shape index (κ1) is 24.2. The maximum absolute atomic E-state index is 4.19. The Bertz CT molecular complexity index is 1200. The van der Waals surface area contributed by atoms with Crippen molar-refractivity contribution in [2.24, 2.45) is 0 Å². The molecule has 0 spiro atoms. The summed E-state index contributed by atoms with van der Waals surface area (Å²) in [7, 11) is -2.04. The van der Waals surface area contributed by atoms with Crippen molar-refractivity contribution in [2.45, 2.75) is 13.0 Å². The summed E-state index contributed by atoms with van der Waals surface area (Å²) in [5.74, 6) is 0. The lowest BCUT2D eigenvalue weighted by atomic mass is 9.43. The molecule has 1 heterocycles. The lowest BCUT2D eigenvalue weighted by molar-refractivity contribution is 0.861. The van der Waals surface area contributed by atoms with E-state index in [0.29, 0.717) is 6.71 Å². The van der Waals surface area contributed by atoms with Crippen molar-refractivity contribution < 1.29 is 0 Å². The molecule has 5 rings (SSSR count). The second-order valence-electron chi connectivity index (χ2n) is 8.69. The van der Waals surface area contributed by atoms with Crippen LogP contribution in [-0.2, 0) is 6.17 Å². The van der Waals surface area contributed by atoms with Gasteiger partial charge in [-0.3, -0.25) is 0 Å². The SMILES string of the molecule is C=C[Si](Cn1ccnc1)(c1ccccc1)c1ccccc1.CB(c1ccccc1)c1ccccc1. The van der Waals surface area contributed by atoms with Gasteiger partial charge in [-0.05, 0) is 10.4 Å². The summed E-state index contributed by atoms with van der Waals surface area (Å²) in [4.78, 5) is 4.18. The van der Waals surface area contributed by atoms with Gasteiger partial charge in [0.2, 0.25) is 6.71 Å². The van der Waals surface area contributed by atoms with Gasteiger partial charge in [0.15, 0.2) is 8.07 Å². The molecule has 172 valence electrons. The smallest absolute Gasteiger partial charge is 0.206 e. The fourth-order valence-corrected chi connectivity index (χ4v) is 8.10. The molecule has 2 nitrogen and oxygen atoms in total. The molecule has 0 amide bonds. The highest BCUT2D eigenvalue weighted by atomic mass is 28.3. The Morgan fingerprint density at radius 1 is 0.714 bits per heavy atom. The van der Waals surface area contributed by atoms with Crippen LogP contribution in [0.25, 0.3) is 0 Å². The molecule has 1 aromatic heterocycles. The van der Waals surface area contributed by atoms with Gasteiger partial charge in [-0.1, -0.05) is 145 Å². The Kier molecular flexibility index (Phi) is 8.31. The summed E-state index contributed by atoms with van der Waals surface area (Å²) >= 11 is 0. The third-order valence-corrected chi connectivity index (χ3v) is 10.8. The topological polar surface area (TPSA) is 17.8 Å². The third kappa shape index (κ3) is 5.97. The van der Waals surface area contributed by atoms with Gasteiger partial charge in [0.25, 0.3) is 0 Å². The molecule has 0 saturated carbocycles. The van der Waals surface area contributed by atoms with E-state index < -0.39 is 8.07 Å². The lowest BCUT2D eigenvalue weighted by Crippen LogP contribution is -2.60. The monoisotopic (exact) mass is 470 g/mol. The van der Waals surface area contributed by atoms with Crippen LogP contribution in [0.4, 0.5) is 0 Å². The summed E-state index contributed by atoms with van der Waals surface area (Å²) in [6.07, 6.45) is 6.66. The van der Waals surface area contributed by atoms with E-state index in [9.17, 15) is 0 Å². The molecule has 0 fully saturated rings. The van der Waals surface area contributed by atoms with Gasteiger partial charge in [0.05, 0.1) is 6.33 Å². The molecule has 0 unspecified atom stereocenters. The largest absolute Gasteiger partial charge is 0.339 e. The molecule has 35 heavy (non-hydrogen) atoms. The molecular formula is C31H31BN2Si. The van der Waals surface area contributed by atoms with E-state index in [1.54, 1.807) is 0 Å². The minimum Gasteiger partial charge on any atom is -0.339 e. The molecule has 4 heteroatoms. The van der Waals surface area contributed by atoms with E-state index in [1.807, 2.05) is 18.7 Å². The molecule has 4 aromatic carbocycles. The second-order valence-corrected chi connectivity index (χ2v) is 12.5. The highest BCUT2D eigenvalue weighted by molar-refractivity contribution is 7.05. The van der Waals surface area contributed by atoms with Gasteiger partial charge in [-0.2, -0.15) is 0 Å². The highest BCUT2D eigenvalue weighted by Crippen LogP contribution is 2.10. The van der Waals surface area contributed by atoms with Gasteiger partial charge in [-0.15, -0.1) is 6.58 Å². The summed E-state index contributed by atoms with van der Waals surface area (Å²) < 4.78 is 2.16. The number of rotatable bonds is 7. The third-order valence-electron chi connectivity index (χ3n) is 6.52. The van der Waals surface area contributed by atoms with E-state index in [1.165, 1.54) is 21.3 Å². The zero-order valence-electron chi connectivity index (χ0n) is 20.2. The molecule has 0 aliphatic rings. The maximum Gasteiger partial charge on any atom is 0.206 e. The van der Waals surface area contributed by atoms with Gasteiger partial charge in [0, 0.05) is 18.6 Å². The van der Waals surface area contributed by atoms with Crippen molar-refractivity contribution in [1.29, 1.82) is 0 Å². The van der Waals surface area contributed by atoms with Crippen LogP contribution < -0.4 is 21.3 Å². The molecule has 0 aliphatic carbocycles. The quantitative estimate of drug-likeness (QED) is 0.324. The van der Waals surface area contributed by atoms with Crippen molar-refractivity contribution >= 4 is 36.1 Å². The average Bonchev–Trinajstić information content (AvgIpc) is 3.47. The molecule has 0 aliphatic heterocycles. The number of benzene rings is 4. The fourth-order valence-electron chi connectivity index (χ4n) is 4.46. The van der Waals surface area contributed by atoms with Crippen LogP contribution in [0.2, 0.25) is 6.82 Å². The zero-order chi connectivity index (χ0) is 24.3. The fraction of sp³-hybridized carbons (Fsp3) is 0.0645. The van der Waals surface area contributed by atoms with Crippen molar-refractivity contribution in [3.05, 3.63) is 152 Å². The Labute approximate surface area is 210 Å². The Hall–Kier alpha value is -3.89. The summed E-state index contributed by atoms with van der Waals surface area (Å²) in [6, 6.07) is 42.6. The summed E-state index contributed by atoms with van der Waals surface area (Å²) in [6.45, 7) is 6.92. The van der Waals surface area contributed by atoms with Crippen LogP contribution in [0.5, 0.6) is 0 Å². The van der Waals surface area contributed by atoms with Crippen molar-refractivity contribution in [3.8, 4) is 0 Å². The summed E-state index contributed by atoms with van der Waals surface area (Å²) in [5, 5.41) is 2.75. The molecule has 0 bridgehead atoms. The van der Waals surface area contributed by atoms with Crippen molar-refractivity contribution in [2.75, 3.05) is 0 Å². The lowest BCUT2D eigenvalue weighted by Gasteiger charge is -2.30. The van der Waals surface area contributed by atoms with Crippen LogP contribution in [0.3, 0.4) is 0 Å². The first-order valence-electron chi connectivity index (χ1n) is 12.0. The predicted octanol–water partition coefficient (Wildman–Crippen LogP) is 4.34. The number of hydrogen-bond donors (Lipinski definition) is 0. The van der Waals surface area contributed by atoms with Crippen LogP contribution in [-0.4, -0.2) is 24.3 Å². The average molecular weight is 471 g/mol. The van der Waals surface area contributed by atoms with Crippen molar-refractivity contribution in [3.63, 3.8) is 0 Å².